The fourth-order valence-electron chi connectivity index (χ4n) is 2.93. The zero-order valence-corrected chi connectivity index (χ0v) is 15.5. The molecule has 4 rings (SSSR count). The van der Waals surface area contributed by atoms with E-state index in [1.54, 1.807) is 47.7 Å². The molecular weight excluding hydrogens is 358 g/mol. The molecule has 4 aromatic rings. The molecular formula is C21H17N3O2S. The van der Waals surface area contributed by atoms with Crippen molar-refractivity contribution in [3.05, 3.63) is 92.5 Å². The molecule has 0 radical (unpaired) electrons. The monoisotopic (exact) mass is 375 g/mol. The molecule has 2 heterocycles. The van der Waals surface area contributed by atoms with E-state index in [-0.39, 0.29) is 17.2 Å². The van der Waals surface area contributed by atoms with Gasteiger partial charge in [0.25, 0.3) is 11.5 Å². The van der Waals surface area contributed by atoms with Gasteiger partial charge in [0.15, 0.2) is 5.69 Å². The Bertz CT molecular complexity index is 1180. The molecule has 0 aliphatic heterocycles. The lowest BCUT2D eigenvalue weighted by atomic mass is 10.1. The van der Waals surface area contributed by atoms with E-state index < -0.39 is 0 Å². The molecule has 0 spiro atoms. The molecule has 5 nitrogen and oxygen atoms in total. The summed E-state index contributed by atoms with van der Waals surface area (Å²) in [6, 6.07) is 18.2. The highest BCUT2D eigenvalue weighted by molar-refractivity contribution is 7.10. The lowest BCUT2D eigenvalue weighted by Gasteiger charge is -2.11. The number of aryl methyl sites for hydroxylation is 1. The number of thiophene rings is 1. The van der Waals surface area contributed by atoms with Gasteiger partial charge in [0.2, 0.25) is 0 Å². The molecule has 6 heteroatoms. The minimum absolute atomic E-state index is 0.239. The van der Waals surface area contributed by atoms with Crippen LogP contribution in [0.5, 0.6) is 0 Å². The first kappa shape index (κ1) is 17.2. The van der Waals surface area contributed by atoms with E-state index in [4.69, 9.17) is 0 Å². The predicted octanol–water partition coefficient (Wildman–Crippen LogP) is 3.69. The summed E-state index contributed by atoms with van der Waals surface area (Å²) in [4.78, 5) is 26.8. The van der Waals surface area contributed by atoms with Crippen LogP contribution in [0.25, 0.3) is 16.5 Å². The van der Waals surface area contributed by atoms with Crippen molar-refractivity contribution < 1.29 is 4.79 Å². The Hall–Kier alpha value is -3.25. The van der Waals surface area contributed by atoms with Crippen LogP contribution in [-0.2, 0) is 6.54 Å². The number of rotatable bonds is 4. The first-order valence-corrected chi connectivity index (χ1v) is 9.42. The van der Waals surface area contributed by atoms with Gasteiger partial charge in [-0.2, -0.15) is 9.78 Å². The standard InChI is InChI=1S/C21H17N3O2S/c1-14-11-12-27-18(14)13-22-20(25)19-16-9-5-6-10-17(16)21(26)24(23-19)15-7-3-2-4-8-15/h2-12H,13H2,1H3,(H,22,25). The van der Waals surface area contributed by atoms with Gasteiger partial charge in [-0.3, -0.25) is 9.59 Å². The Labute approximate surface area is 159 Å². The third kappa shape index (κ3) is 3.27. The third-order valence-corrected chi connectivity index (χ3v) is 5.42. The Morgan fingerprint density at radius 2 is 1.74 bits per heavy atom. The second-order valence-corrected chi connectivity index (χ2v) is 7.16. The van der Waals surface area contributed by atoms with Crippen LogP contribution in [0, 0.1) is 6.92 Å². The number of para-hydroxylation sites is 1. The van der Waals surface area contributed by atoms with Crippen LogP contribution >= 0.6 is 11.3 Å². The topological polar surface area (TPSA) is 64.0 Å². The summed E-state index contributed by atoms with van der Waals surface area (Å²) in [5.74, 6) is -0.302. The number of nitrogens with zero attached hydrogens (tertiary/aromatic N) is 2. The summed E-state index contributed by atoms with van der Waals surface area (Å²) in [5, 5.41) is 10.3. The molecule has 2 aromatic carbocycles. The zero-order valence-electron chi connectivity index (χ0n) is 14.7. The number of hydrogen-bond acceptors (Lipinski definition) is 4. The molecule has 0 aliphatic rings. The highest BCUT2D eigenvalue weighted by Crippen LogP contribution is 2.17. The SMILES string of the molecule is Cc1ccsc1CNC(=O)c1nn(-c2ccccc2)c(=O)c2ccccc12. The smallest absolute Gasteiger partial charge is 0.279 e. The molecule has 1 N–H and O–H groups in total. The van der Waals surface area contributed by atoms with E-state index in [2.05, 4.69) is 10.4 Å². The maximum Gasteiger partial charge on any atom is 0.279 e. The number of carbonyl (C=O) groups excluding carboxylic acids is 1. The van der Waals surface area contributed by atoms with Crippen molar-refractivity contribution in [1.29, 1.82) is 0 Å². The number of nitrogens with one attached hydrogen (secondary N) is 1. The summed E-state index contributed by atoms with van der Waals surface area (Å²) < 4.78 is 1.29. The summed E-state index contributed by atoms with van der Waals surface area (Å²) in [5.41, 5.74) is 1.76. The molecule has 0 bridgehead atoms. The normalized spacial score (nSPS) is 10.9. The Morgan fingerprint density at radius 3 is 2.44 bits per heavy atom. The Morgan fingerprint density at radius 1 is 1.04 bits per heavy atom. The lowest BCUT2D eigenvalue weighted by molar-refractivity contribution is 0.0946. The van der Waals surface area contributed by atoms with Gasteiger partial charge in [0, 0.05) is 10.3 Å². The number of hydrogen-bond donors (Lipinski definition) is 1. The van der Waals surface area contributed by atoms with Crippen LogP contribution in [0.15, 0.2) is 70.8 Å². The van der Waals surface area contributed by atoms with E-state index in [1.807, 2.05) is 36.6 Å². The van der Waals surface area contributed by atoms with Crippen molar-refractivity contribution in [3.8, 4) is 5.69 Å². The fraction of sp³-hybridized carbons (Fsp3) is 0.0952. The lowest BCUT2D eigenvalue weighted by Crippen LogP contribution is -2.29. The summed E-state index contributed by atoms with van der Waals surface area (Å²) in [6.45, 7) is 2.45. The van der Waals surface area contributed by atoms with Crippen molar-refractivity contribution in [1.82, 2.24) is 15.1 Å². The number of benzene rings is 2. The van der Waals surface area contributed by atoms with Crippen LogP contribution in [0.1, 0.15) is 20.9 Å². The highest BCUT2D eigenvalue weighted by Gasteiger charge is 2.17. The van der Waals surface area contributed by atoms with E-state index in [0.717, 1.165) is 10.4 Å². The molecule has 0 saturated heterocycles. The largest absolute Gasteiger partial charge is 0.346 e. The second-order valence-electron chi connectivity index (χ2n) is 6.16. The van der Waals surface area contributed by atoms with Crippen molar-refractivity contribution in [3.63, 3.8) is 0 Å². The summed E-state index contributed by atoms with van der Waals surface area (Å²) in [6.07, 6.45) is 0. The van der Waals surface area contributed by atoms with Gasteiger partial charge in [-0.05, 0) is 42.1 Å². The quantitative estimate of drug-likeness (QED) is 0.592. The molecule has 0 atom stereocenters. The predicted molar refractivity (Wildman–Crippen MR) is 108 cm³/mol. The van der Waals surface area contributed by atoms with Gasteiger partial charge in [0.05, 0.1) is 17.6 Å². The summed E-state index contributed by atoms with van der Waals surface area (Å²) in [7, 11) is 0. The van der Waals surface area contributed by atoms with E-state index in [0.29, 0.717) is 23.0 Å². The zero-order chi connectivity index (χ0) is 18.8. The highest BCUT2D eigenvalue weighted by atomic mass is 32.1. The second kappa shape index (κ2) is 7.17. The minimum Gasteiger partial charge on any atom is -0.346 e. The maximum atomic E-state index is 12.9. The van der Waals surface area contributed by atoms with Crippen LogP contribution in [0.2, 0.25) is 0 Å². The molecule has 27 heavy (non-hydrogen) atoms. The van der Waals surface area contributed by atoms with Gasteiger partial charge in [-0.15, -0.1) is 11.3 Å². The number of aromatic nitrogens is 2. The molecule has 0 unspecified atom stereocenters. The van der Waals surface area contributed by atoms with Crippen LogP contribution in [0.3, 0.4) is 0 Å². The molecule has 0 fully saturated rings. The maximum absolute atomic E-state index is 12.9. The van der Waals surface area contributed by atoms with Crippen molar-refractivity contribution in [2.24, 2.45) is 0 Å². The molecule has 2 aromatic heterocycles. The summed E-state index contributed by atoms with van der Waals surface area (Å²) >= 11 is 1.60. The number of carbonyl (C=O) groups is 1. The minimum atomic E-state index is -0.302. The van der Waals surface area contributed by atoms with Crippen molar-refractivity contribution in [2.75, 3.05) is 0 Å². The third-order valence-electron chi connectivity index (χ3n) is 4.40. The van der Waals surface area contributed by atoms with Crippen LogP contribution < -0.4 is 10.9 Å². The van der Waals surface area contributed by atoms with E-state index in [1.165, 1.54) is 4.68 Å². The fourth-order valence-corrected chi connectivity index (χ4v) is 3.78. The van der Waals surface area contributed by atoms with E-state index in [9.17, 15) is 9.59 Å². The average Bonchev–Trinajstić information content (AvgIpc) is 3.12. The Kier molecular flexibility index (Phi) is 4.56. The number of fused-ring (bicyclic) bond motifs is 1. The van der Waals surface area contributed by atoms with Crippen LogP contribution in [0.4, 0.5) is 0 Å². The Balaban J connectivity index is 1.79. The van der Waals surface area contributed by atoms with Gasteiger partial charge in [-0.25, -0.2) is 0 Å². The molecule has 0 saturated carbocycles. The number of amides is 1. The van der Waals surface area contributed by atoms with Gasteiger partial charge in [0.1, 0.15) is 0 Å². The first-order chi connectivity index (χ1) is 13.1. The van der Waals surface area contributed by atoms with Crippen LogP contribution in [-0.4, -0.2) is 15.7 Å². The average molecular weight is 375 g/mol. The van der Waals surface area contributed by atoms with Crippen molar-refractivity contribution in [2.45, 2.75) is 13.5 Å². The van der Waals surface area contributed by atoms with Gasteiger partial charge < -0.3 is 5.32 Å². The van der Waals surface area contributed by atoms with Gasteiger partial charge in [-0.1, -0.05) is 36.4 Å². The molecule has 134 valence electrons. The van der Waals surface area contributed by atoms with Crippen molar-refractivity contribution >= 4 is 28.0 Å². The first-order valence-electron chi connectivity index (χ1n) is 8.54. The van der Waals surface area contributed by atoms with E-state index >= 15 is 0 Å². The van der Waals surface area contributed by atoms with Gasteiger partial charge >= 0.3 is 0 Å². The molecule has 0 aliphatic carbocycles. The molecule has 1 amide bonds.